The number of esters is 1. The lowest BCUT2D eigenvalue weighted by Crippen LogP contribution is -2.29. The number of aromatic nitrogens is 1. The van der Waals surface area contributed by atoms with E-state index in [4.69, 9.17) is 4.74 Å². The number of aryl methyl sites for hydroxylation is 1. The van der Waals surface area contributed by atoms with Crippen LogP contribution in [0.2, 0.25) is 0 Å². The monoisotopic (exact) mass is 468 g/mol. The Morgan fingerprint density at radius 2 is 1.66 bits per heavy atom. The minimum Gasteiger partial charge on any atom is -0.478 e. The minimum absolute atomic E-state index is 0.113. The minimum atomic E-state index is -0.991. The largest absolute Gasteiger partial charge is 0.478 e. The van der Waals surface area contributed by atoms with Crippen LogP contribution in [-0.4, -0.2) is 34.5 Å². The molecule has 0 radical (unpaired) electrons. The van der Waals surface area contributed by atoms with Crippen LogP contribution in [0.15, 0.2) is 71.4 Å². The molecule has 0 unspecified atom stereocenters. The average Bonchev–Trinajstić information content (AvgIpc) is 3.30. The van der Waals surface area contributed by atoms with E-state index in [1.54, 1.807) is 30.3 Å². The summed E-state index contributed by atoms with van der Waals surface area (Å²) in [6.45, 7) is 5.70. The molecule has 2 N–H and O–H groups in total. The second-order valence-electron chi connectivity index (χ2n) is 8.77. The molecule has 0 saturated carbocycles. The molecule has 2 heterocycles. The number of dihydropyridines is 1. The molecular formula is C28H24N2O5. The number of nitrogens with zero attached hydrogens (tertiary/aromatic N) is 1. The predicted octanol–water partition coefficient (Wildman–Crippen LogP) is 4.53. The molecule has 7 nitrogen and oxygen atoms in total. The van der Waals surface area contributed by atoms with E-state index in [-0.39, 0.29) is 11.3 Å². The Balaban J connectivity index is 1.71. The van der Waals surface area contributed by atoms with Gasteiger partial charge in [0.1, 0.15) is 0 Å². The first-order valence-corrected chi connectivity index (χ1v) is 11.2. The molecule has 176 valence electrons. The Morgan fingerprint density at radius 3 is 2.29 bits per heavy atom. The van der Waals surface area contributed by atoms with Crippen molar-refractivity contribution in [3.05, 3.63) is 105 Å². The number of benzene rings is 2. The molecule has 1 aromatic heterocycles. The first kappa shape index (κ1) is 22.4. The summed E-state index contributed by atoms with van der Waals surface area (Å²) in [5, 5.41) is 12.5. The fourth-order valence-electron chi connectivity index (χ4n) is 5.25. The summed E-state index contributed by atoms with van der Waals surface area (Å²) in [5.74, 6) is -2.21. The highest BCUT2D eigenvalue weighted by Crippen LogP contribution is 2.48. The highest BCUT2D eigenvalue weighted by molar-refractivity contribution is 6.23. The molecule has 35 heavy (non-hydrogen) atoms. The maximum atomic E-state index is 13.6. The maximum Gasteiger partial charge on any atom is 0.336 e. The van der Waals surface area contributed by atoms with Gasteiger partial charge < -0.3 is 19.7 Å². The van der Waals surface area contributed by atoms with Gasteiger partial charge in [-0.2, -0.15) is 0 Å². The number of fused-ring (bicyclic) bond motifs is 2. The number of carboxylic acid groups (broad SMARTS) is 1. The number of hydrogen-bond acceptors (Lipinski definition) is 5. The zero-order chi connectivity index (χ0) is 25.0. The second-order valence-corrected chi connectivity index (χ2v) is 8.77. The van der Waals surface area contributed by atoms with Gasteiger partial charge in [-0.15, -0.1) is 0 Å². The summed E-state index contributed by atoms with van der Waals surface area (Å²) in [6, 6.07) is 16.0. The molecule has 7 heteroatoms. The van der Waals surface area contributed by atoms with Crippen molar-refractivity contribution < 1.29 is 24.2 Å². The van der Waals surface area contributed by atoms with Crippen molar-refractivity contribution >= 4 is 23.4 Å². The molecule has 1 atom stereocenters. The summed E-state index contributed by atoms with van der Waals surface area (Å²) in [6.07, 6.45) is 0. The van der Waals surface area contributed by atoms with Gasteiger partial charge in [0.25, 0.3) is 0 Å². The lowest BCUT2D eigenvalue weighted by atomic mass is 9.79. The standard InChI is InChI=1S/C28H24N2O5/c1-14-13-21(16(3)30(14)18-11-9-17(10-12-18)27(32)33)23-22(28(34)35-4)15(2)29-25-19-7-5-6-8-20(19)26(31)24(23)25/h5-13,23,29H,1-4H3,(H,32,33)/t23-/m0/s1. The highest BCUT2D eigenvalue weighted by atomic mass is 16.5. The van der Waals surface area contributed by atoms with Crippen LogP contribution < -0.4 is 5.32 Å². The van der Waals surface area contributed by atoms with Crippen molar-refractivity contribution in [2.45, 2.75) is 26.7 Å². The van der Waals surface area contributed by atoms with Crippen molar-refractivity contribution in [3.8, 4) is 5.69 Å². The number of Topliss-reactive ketones (excluding diaryl/α,β-unsaturated/α-hetero) is 1. The maximum absolute atomic E-state index is 13.6. The highest BCUT2D eigenvalue weighted by Gasteiger charge is 2.43. The summed E-state index contributed by atoms with van der Waals surface area (Å²) in [7, 11) is 1.34. The molecule has 2 aliphatic rings. The van der Waals surface area contributed by atoms with E-state index >= 15 is 0 Å². The molecule has 0 bridgehead atoms. The van der Waals surface area contributed by atoms with Gasteiger partial charge in [-0.3, -0.25) is 4.79 Å². The van der Waals surface area contributed by atoms with Crippen LogP contribution in [0.3, 0.4) is 0 Å². The molecule has 3 aromatic rings. The number of hydrogen-bond donors (Lipinski definition) is 2. The van der Waals surface area contributed by atoms with Crippen molar-refractivity contribution in [2.75, 3.05) is 7.11 Å². The Kier molecular flexibility index (Phi) is 5.20. The Bertz CT molecular complexity index is 1490. The molecule has 1 aliphatic carbocycles. The van der Waals surface area contributed by atoms with Crippen LogP contribution in [0, 0.1) is 13.8 Å². The van der Waals surface area contributed by atoms with E-state index in [9.17, 15) is 19.5 Å². The third-order valence-electron chi connectivity index (χ3n) is 6.81. The number of methoxy groups -OCH3 is 1. The molecule has 0 fully saturated rings. The number of nitrogens with one attached hydrogen (secondary N) is 1. The number of aromatic carboxylic acids is 1. The van der Waals surface area contributed by atoms with E-state index in [0.29, 0.717) is 22.4 Å². The Morgan fingerprint density at radius 1 is 1.00 bits per heavy atom. The third-order valence-corrected chi connectivity index (χ3v) is 6.81. The van der Waals surface area contributed by atoms with Gasteiger partial charge in [0.05, 0.1) is 29.9 Å². The summed E-state index contributed by atoms with van der Waals surface area (Å²) < 4.78 is 7.14. The van der Waals surface area contributed by atoms with Crippen molar-refractivity contribution in [2.24, 2.45) is 0 Å². The number of rotatable bonds is 4. The van der Waals surface area contributed by atoms with E-state index < -0.39 is 17.9 Å². The molecule has 0 amide bonds. The van der Waals surface area contributed by atoms with Gasteiger partial charge in [-0.05, 0) is 56.7 Å². The SMILES string of the molecule is COC(=O)C1=C(C)NC2=C(C(=O)c3ccccc32)[C@H]1c1cc(C)n(-c2ccc(C(=O)O)cc2)c1C. The van der Waals surface area contributed by atoms with E-state index in [1.165, 1.54) is 7.11 Å². The number of ketones is 1. The molecule has 5 rings (SSSR count). The number of carbonyl (C=O) groups is 3. The van der Waals surface area contributed by atoms with Crippen LogP contribution in [0.4, 0.5) is 0 Å². The summed E-state index contributed by atoms with van der Waals surface area (Å²) >= 11 is 0. The van der Waals surface area contributed by atoms with Crippen LogP contribution >= 0.6 is 0 Å². The first-order valence-electron chi connectivity index (χ1n) is 11.2. The van der Waals surface area contributed by atoms with Crippen LogP contribution in [-0.2, 0) is 9.53 Å². The van der Waals surface area contributed by atoms with Crippen LogP contribution in [0.5, 0.6) is 0 Å². The first-order chi connectivity index (χ1) is 16.7. The molecule has 2 aromatic carbocycles. The smallest absolute Gasteiger partial charge is 0.336 e. The lowest BCUT2D eigenvalue weighted by molar-refractivity contribution is -0.136. The Hall–Kier alpha value is -4.39. The number of ether oxygens (including phenoxy) is 1. The number of carboxylic acids is 1. The lowest BCUT2D eigenvalue weighted by Gasteiger charge is -2.29. The van der Waals surface area contributed by atoms with Gasteiger partial charge in [-0.25, -0.2) is 9.59 Å². The van der Waals surface area contributed by atoms with Gasteiger partial charge in [-0.1, -0.05) is 24.3 Å². The molecular weight excluding hydrogens is 444 g/mol. The van der Waals surface area contributed by atoms with Crippen LogP contribution in [0.25, 0.3) is 11.4 Å². The number of carbonyl (C=O) groups excluding carboxylic acids is 2. The molecule has 0 spiro atoms. The molecule has 0 saturated heterocycles. The zero-order valence-corrected chi connectivity index (χ0v) is 19.8. The van der Waals surface area contributed by atoms with Crippen LogP contribution in [0.1, 0.15) is 56.1 Å². The van der Waals surface area contributed by atoms with Crippen molar-refractivity contribution in [3.63, 3.8) is 0 Å². The Labute approximate surface area is 202 Å². The van der Waals surface area contributed by atoms with Gasteiger partial charge in [0, 0.05) is 39.5 Å². The van der Waals surface area contributed by atoms with Gasteiger partial charge >= 0.3 is 11.9 Å². The number of allylic oxidation sites excluding steroid dienone is 2. The quantitative estimate of drug-likeness (QED) is 0.546. The average molecular weight is 469 g/mol. The van der Waals surface area contributed by atoms with Gasteiger partial charge in [0.15, 0.2) is 5.78 Å². The van der Waals surface area contributed by atoms with Crippen molar-refractivity contribution in [1.29, 1.82) is 0 Å². The second kappa shape index (κ2) is 8.13. The van der Waals surface area contributed by atoms with E-state index in [1.807, 2.05) is 49.6 Å². The summed E-state index contributed by atoms with van der Waals surface area (Å²) in [5.41, 5.74) is 7.26. The summed E-state index contributed by atoms with van der Waals surface area (Å²) in [4.78, 5) is 37.9. The topological polar surface area (TPSA) is 97.6 Å². The molecule has 1 aliphatic heterocycles. The van der Waals surface area contributed by atoms with Crippen molar-refractivity contribution in [1.82, 2.24) is 9.88 Å². The fourth-order valence-corrected chi connectivity index (χ4v) is 5.25. The third kappa shape index (κ3) is 3.31. The van der Waals surface area contributed by atoms with E-state index in [2.05, 4.69) is 5.32 Å². The fraction of sp³-hybridized carbons (Fsp3) is 0.179. The predicted molar refractivity (Wildman–Crippen MR) is 130 cm³/mol. The van der Waals surface area contributed by atoms with Gasteiger partial charge in [0.2, 0.25) is 0 Å². The normalized spacial score (nSPS) is 16.7. The van der Waals surface area contributed by atoms with E-state index in [0.717, 1.165) is 33.9 Å². The zero-order valence-electron chi connectivity index (χ0n) is 19.8.